The molecule has 6 heteroatoms. The van der Waals surface area contributed by atoms with Crippen LogP contribution in [-0.4, -0.2) is 37.2 Å². The molecule has 0 amide bonds. The summed E-state index contributed by atoms with van der Waals surface area (Å²) in [5, 5.41) is 0. The van der Waals surface area contributed by atoms with Crippen molar-refractivity contribution in [3.05, 3.63) is 72.9 Å². The first kappa shape index (κ1) is 71.8. The molecule has 0 aromatic rings. The number of esters is 3. The number of rotatable bonds is 59. The minimum absolute atomic E-state index is 0.0827. The topological polar surface area (TPSA) is 78.9 Å². The van der Waals surface area contributed by atoms with Crippen LogP contribution in [0.3, 0.4) is 0 Å². The molecule has 0 heterocycles. The summed E-state index contributed by atoms with van der Waals surface area (Å²) >= 11 is 0. The van der Waals surface area contributed by atoms with E-state index in [0.29, 0.717) is 19.3 Å². The van der Waals surface area contributed by atoms with E-state index < -0.39 is 6.10 Å². The van der Waals surface area contributed by atoms with Crippen molar-refractivity contribution in [2.45, 2.75) is 335 Å². The molecular weight excluding hydrogens is 925 g/mol. The molecule has 0 N–H and O–H groups in total. The van der Waals surface area contributed by atoms with Gasteiger partial charge in [-0.05, 0) is 109 Å². The first-order valence-corrected chi connectivity index (χ1v) is 32.4. The molecule has 0 rings (SSSR count). The highest BCUT2D eigenvalue weighted by molar-refractivity contribution is 5.71. The van der Waals surface area contributed by atoms with Crippen LogP contribution in [-0.2, 0) is 28.6 Å². The third-order valence-electron chi connectivity index (χ3n) is 14.2. The van der Waals surface area contributed by atoms with Crippen LogP contribution in [0.15, 0.2) is 72.9 Å². The Labute approximate surface area is 465 Å². The van der Waals surface area contributed by atoms with Crippen LogP contribution in [0.4, 0.5) is 0 Å². The van der Waals surface area contributed by atoms with Crippen molar-refractivity contribution in [1.82, 2.24) is 0 Å². The highest BCUT2D eigenvalue weighted by atomic mass is 16.6. The van der Waals surface area contributed by atoms with Crippen molar-refractivity contribution >= 4 is 17.9 Å². The Balaban J connectivity index is 4.29. The molecule has 0 aliphatic rings. The lowest BCUT2D eigenvalue weighted by molar-refractivity contribution is -0.167. The van der Waals surface area contributed by atoms with Gasteiger partial charge in [0.05, 0.1) is 0 Å². The van der Waals surface area contributed by atoms with Gasteiger partial charge < -0.3 is 14.2 Å². The van der Waals surface area contributed by atoms with Gasteiger partial charge in [0.1, 0.15) is 13.2 Å². The molecule has 0 saturated carbocycles. The molecule has 0 aliphatic carbocycles. The highest BCUT2D eigenvalue weighted by Gasteiger charge is 2.19. The molecule has 0 radical (unpaired) electrons. The first-order chi connectivity index (χ1) is 37.0. The Morgan fingerprint density at radius 2 is 0.493 bits per heavy atom. The fourth-order valence-corrected chi connectivity index (χ4v) is 9.23. The maximum Gasteiger partial charge on any atom is 0.306 e. The summed E-state index contributed by atoms with van der Waals surface area (Å²) in [5.41, 5.74) is 0. The van der Waals surface area contributed by atoms with Crippen LogP contribution >= 0.6 is 0 Å². The summed E-state index contributed by atoms with van der Waals surface area (Å²) in [4.78, 5) is 38.3. The zero-order valence-electron chi connectivity index (χ0n) is 49.8. The van der Waals surface area contributed by atoms with Gasteiger partial charge in [-0.1, -0.05) is 273 Å². The van der Waals surface area contributed by atoms with Crippen molar-refractivity contribution in [2.24, 2.45) is 0 Å². The quantitative estimate of drug-likeness (QED) is 0.0261. The molecule has 0 aromatic carbocycles. The molecule has 75 heavy (non-hydrogen) atoms. The number of carbonyl (C=O) groups is 3. The van der Waals surface area contributed by atoms with E-state index in [1.165, 1.54) is 186 Å². The van der Waals surface area contributed by atoms with Crippen LogP contribution < -0.4 is 0 Å². The standard InChI is InChI=1S/C69H122O6/c1-4-7-10-13-16-19-22-25-28-30-31-32-33-34-35-36-37-38-39-40-42-44-47-50-53-56-59-62-68(71)74-65-66(64-73-67(70)61-58-55-52-49-46-43-27-24-21-18-15-12-9-6-3)75-69(72)63-60-57-54-51-48-45-41-29-26-23-20-17-14-11-8-5-2/h15,18,22,24-25,27,29-31,33-34,41,66H,4-14,16-17,19-21,23,26,28,32,35-40,42-65H2,1-3H3/b18-15-,25-22-,27-24-,31-30-,34-33-,41-29-. The van der Waals surface area contributed by atoms with E-state index in [4.69, 9.17) is 14.2 Å². The minimum Gasteiger partial charge on any atom is -0.462 e. The third kappa shape index (κ3) is 61.6. The van der Waals surface area contributed by atoms with Crippen LogP contribution in [0.25, 0.3) is 0 Å². The van der Waals surface area contributed by atoms with Gasteiger partial charge in [-0.25, -0.2) is 0 Å². The normalized spacial score (nSPS) is 12.5. The maximum atomic E-state index is 12.9. The van der Waals surface area contributed by atoms with Crippen molar-refractivity contribution < 1.29 is 28.6 Å². The van der Waals surface area contributed by atoms with Crippen LogP contribution in [0, 0.1) is 0 Å². The van der Waals surface area contributed by atoms with Crippen molar-refractivity contribution in [1.29, 1.82) is 0 Å². The zero-order chi connectivity index (χ0) is 54.3. The second kappa shape index (κ2) is 63.4. The van der Waals surface area contributed by atoms with E-state index in [-0.39, 0.29) is 31.1 Å². The summed E-state index contributed by atoms with van der Waals surface area (Å²) in [6.07, 6.45) is 81.9. The Hall–Kier alpha value is -3.15. The predicted molar refractivity (Wildman–Crippen MR) is 325 cm³/mol. The molecule has 0 fully saturated rings. The monoisotopic (exact) mass is 1050 g/mol. The number of hydrogen-bond acceptors (Lipinski definition) is 6. The van der Waals surface area contributed by atoms with Crippen molar-refractivity contribution in [3.8, 4) is 0 Å². The van der Waals surface area contributed by atoms with Crippen LogP contribution in [0.5, 0.6) is 0 Å². The number of ether oxygens (including phenoxy) is 3. The Morgan fingerprint density at radius 1 is 0.267 bits per heavy atom. The molecule has 434 valence electrons. The predicted octanol–water partition coefficient (Wildman–Crippen LogP) is 22.1. The van der Waals surface area contributed by atoms with Crippen molar-refractivity contribution in [2.75, 3.05) is 13.2 Å². The van der Waals surface area contributed by atoms with Crippen molar-refractivity contribution in [3.63, 3.8) is 0 Å². The Morgan fingerprint density at radius 3 is 0.800 bits per heavy atom. The average Bonchev–Trinajstić information content (AvgIpc) is 3.41. The van der Waals surface area contributed by atoms with Gasteiger partial charge in [0.25, 0.3) is 0 Å². The number of carbonyl (C=O) groups excluding carboxylic acids is 3. The Kier molecular flexibility index (Phi) is 60.7. The van der Waals surface area contributed by atoms with E-state index in [2.05, 4.69) is 93.7 Å². The molecular formula is C69H122O6. The van der Waals surface area contributed by atoms with Gasteiger partial charge in [-0.15, -0.1) is 0 Å². The molecule has 0 spiro atoms. The van der Waals surface area contributed by atoms with E-state index in [1.807, 2.05) is 0 Å². The minimum atomic E-state index is -0.787. The maximum absolute atomic E-state index is 12.9. The van der Waals surface area contributed by atoms with Gasteiger partial charge in [0.2, 0.25) is 0 Å². The zero-order valence-corrected chi connectivity index (χ0v) is 49.8. The smallest absolute Gasteiger partial charge is 0.306 e. The van der Waals surface area contributed by atoms with Crippen LogP contribution in [0.2, 0.25) is 0 Å². The van der Waals surface area contributed by atoms with E-state index in [9.17, 15) is 14.4 Å². The summed E-state index contributed by atoms with van der Waals surface area (Å²) in [7, 11) is 0. The fraction of sp³-hybridized carbons (Fsp3) is 0.783. The molecule has 1 unspecified atom stereocenters. The van der Waals surface area contributed by atoms with E-state index >= 15 is 0 Å². The molecule has 0 aromatic heterocycles. The molecule has 0 bridgehead atoms. The Bertz CT molecular complexity index is 1390. The summed E-state index contributed by atoms with van der Waals surface area (Å²) < 4.78 is 16.9. The number of hydrogen-bond donors (Lipinski definition) is 0. The van der Waals surface area contributed by atoms with Crippen LogP contribution in [0.1, 0.15) is 329 Å². The van der Waals surface area contributed by atoms with Gasteiger partial charge >= 0.3 is 17.9 Å². The van der Waals surface area contributed by atoms with Gasteiger partial charge in [0.15, 0.2) is 6.10 Å². The lowest BCUT2D eigenvalue weighted by Crippen LogP contribution is -2.30. The van der Waals surface area contributed by atoms with E-state index in [0.717, 1.165) is 103 Å². The lowest BCUT2D eigenvalue weighted by Gasteiger charge is -2.18. The number of allylic oxidation sites excluding steroid dienone is 12. The van der Waals surface area contributed by atoms with Gasteiger partial charge in [-0.3, -0.25) is 14.4 Å². The second-order valence-corrected chi connectivity index (χ2v) is 21.7. The third-order valence-corrected chi connectivity index (χ3v) is 14.2. The molecule has 0 saturated heterocycles. The number of unbranched alkanes of at least 4 members (excludes halogenated alkanes) is 36. The largest absolute Gasteiger partial charge is 0.462 e. The molecule has 6 nitrogen and oxygen atoms in total. The molecule has 0 aliphatic heterocycles. The average molecular weight is 1050 g/mol. The first-order valence-electron chi connectivity index (χ1n) is 32.4. The van der Waals surface area contributed by atoms with E-state index in [1.54, 1.807) is 0 Å². The lowest BCUT2D eigenvalue weighted by atomic mass is 10.0. The molecule has 1 atom stereocenters. The summed E-state index contributed by atoms with van der Waals surface area (Å²) in [5.74, 6) is -0.894. The summed E-state index contributed by atoms with van der Waals surface area (Å²) in [6.45, 7) is 6.60. The fourth-order valence-electron chi connectivity index (χ4n) is 9.23. The second-order valence-electron chi connectivity index (χ2n) is 21.7. The van der Waals surface area contributed by atoms with Gasteiger partial charge in [-0.2, -0.15) is 0 Å². The van der Waals surface area contributed by atoms with Gasteiger partial charge in [0, 0.05) is 19.3 Å². The summed E-state index contributed by atoms with van der Waals surface area (Å²) in [6, 6.07) is 0. The highest BCUT2D eigenvalue weighted by Crippen LogP contribution is 2.16. The SMILES string of the molecule is CCCC/C=C\C/C=C\CCCCCCCC(=O)OCC(COC(=O)CCCCCCCCCCCCCC/C=C\C/C=C\C/C=C\CCCCCCC)OC(=O)CCCCCCC/C=C\CCCCCCCCC.